The summed E-state index contributed by atoms with van der Waals surface area (Å²) in [6.07, 6.45) is 0.414. The van der Waals surface area contributed by atoms with Crippen molar-refractivity contribution in [3.05, 3.63) is 0 Å². The van der Waals surface area contributed by atoms with E-state index in [0.29, 0.717) is 18.4 Å². The van der Waals surface area contributed by atoms with Gasteiger partial charge in [-0.25, -0.2) is 0 Å². The molecule has 1 aliphatic rings. The lowest BCUT2D eigenvalue weighted by Gasteiger charge is -2.28. The molecule has 1 heterocycles. The highest BCUT2D eigenvalue weighted by atomic mass is 31.2. The van der Waals surface area contributed by atoms with Gasteiger partial charge in [0.2, 0.25) is 0 Å². The van der Waals surface area contributed by atoms with Crippen molar-refractivity contribution in [2.75, 3.05) is 13.2 Å². The van der Waals surface area contributed by atoms with E-state index in [4.69, 9.17) is 13.8 Å². The first-order valence-electron chi connectivity index (χ1n) is 6.07. The van der Waals surface area contributed by atoms with E-state index in [-0.39, 0.29) is 12.7 Å². The van der Waals surface area contributed by atoms with Gasteiger partial charge in [0.1, 0.15) is 0 Å². The van der Waals surface area contributed by atoms with Gasteiger partial charge in [-0.15, -0.1) is 0 Å². The van der Waals surface area contributed by atoms with Crippen LogP contribution in [0.2, 0.25) is 0 Å². The van der Waals surface area contributed by atoms with Gasteiger partial charge in [0.05, 0.1) is 18.8 Å². The standard InChI is InChI=1S/C11H23O5P/c1-8(2)10-5-6-14-11(10)7-15-17(12,13)16-9(3)4/h8-11H,5-7H2,1-4H3,(H,12,13)/p-1/t10-,11-/m1/s1. The average molecular weight is 265 g/mol. The van der Waals surface area contributed by atoms with Crippen molar-refractivity contribution in [1.29, 1.82) is 0 Å². The first-order valence-corrected chi connectivity index (χ1v) is 7.53. The second-order valence-corrected chi connectivity index (χ2v) is 6.37. The summed E-state index contributed by atoms with van der Waals surface area (Å²) in [6, 6.07) is 0. The molecular weight excluding hydrogens is 243 g/mol. The molecule has 0 aromatic rings. The van der Waals surface area contributed by atoms with Gasteiger partial charge < -0.3 is 18.7 Å². The molecule has 1 saturated heterocycles. The fraction of sp³-hybridized carbons (Fsp3) is 1.00. The maximum atomic E-state index is 11.4. The molecule has 0 radical (unpaired) electrons. The van der Waals surface area contributed by atoms with Gasteiger partial charge in [0.15, 0.2) is 0 Å². The van der Waals surface area contributed by atoms with Gasteiger partial charge >= 0.3 is 0 Å². The molecule has 1 rings (SSSR count). The monoisotopic (exact) mass is 265 g/mol. The summed E-state index contributed by atoms with van der Waals surface area (Å²) in [6.45, 7) is 8.23. The molecule has 6 heteroatoms. The van der Waals surface area contributed by atoms with Gasteiger partial charge in [-0.1, -0.05) is 13.8 Å². The highest BCUT2D eigenvalue weighted by molar-refractivity contribution is 7.45. The molecule has 0 bridgehead atoms. The zero-order valence-corrected chi connectivity index (χ0v) is 11.8. The van der Waals surface area contributed by atoms with E-state index in [1.54, 1.807) is 13.8 Å². The van der Waals surface area contributed by atoms with E-state index >= 15 is 0 Å². The summed E-state index contributed by atoms with van der Waals surface area (Å²) in [4.78, 5) is 11.4. The van der Waals surface area contributed by atoms with Crippen molar-refractivity contribution in [2.45, 2.75) is 46.3 Å². The maximum Gasteiger partial charge on any atom is 0.268 e. The average Bonchev–Trinajstić information content (AvgIpc) is 2.60. The minimum atomic E-state index is -4.19. The minimum Gasteiger partial charge on any atom is -0.756 e. The molecule has 3 atom stereocenters. The molecule has 0 amide bonds. The zero-order valence-electron chi connectivity index (χ0n) is 10.9. The largest absolute Gasteiger partial charge is 0.756 e. The van der Waals surface area contributed by atoms with Crippen LogP contribution in [0.15, 0.2) is 0 Å². The highest BCUT2D eigenvalue weighted by Gasteiger charge is 2.31. The van der Waals surface area contributed by atoms with Crippen LogP contribution < -0.4 is 4.89 Å². The number of ether oxygens (including phenoxy) is 1. The SMILES string of the molecule is CC(C)OP(=O)([O-])OC[C@H]1OCC[C@@H]1C(C)C. The molecule has 0 aliphatic carbocycles. The summed E-state index contributed by atoms with van der Waals surface area (Å²) < 4.78 is 26.5. The Labute approximate surface area is 103 Å². The van der Waals surface area contributed by atoms with E-state index in [2.05, 4.69) is 13.8 Å². The zero-order chi connectivity index (χ0) is 13.1. The highest BCUT2D eigenvalue weighted by Crippen LogP contribution is 2.41. The van der Waals surface area contributed by atoms with Crippen LogP contribution in [0.5, 0.6) is 0 Å². The number of hydrogen-bond donors (Lipinski definition) is 0. The predicted octanol–water partition coefficient (Wildman–Crippen LogP) is 1.96. The van der Waals surface area contributed by atoms with Crippen molar-refractivity contribution in [3.63, 3.8) is 0 Å². The molecular formula is C11H22O5P-. The van der Waals surface area contributed by atoms with Gasteiger partial charge in [-0.05, 0) is 32.1 Å². The van der Waals surface area contributed by atoms with Crippen molar-refractivity contribution in [1.82, 2.24) is 0 Å². The Morgan fingerprint density at radius 3 is 2.59 bits per heavy atom. The summed E-state index contributed by atoms with van der Waals surface area (Å²) >= 11 is 0. The first-order chi connectivity index (χ1) is 7.82. The summed E-state index contributed by atoms with van der Waals surface area (Å²) in [7, 11) is -4.19. The Morgan fingerprint density at radius 1 is 1.41 bits per heavy atom. The lowest BCUT2D eigenvalue weighted by Crippen LogP contribution is -2.27. The Bertz CT molecular complexity index is 279. The smallest absolute Gasteiger partial charge is 0.268 e. The molecule has 0 saturated carbocycles. The van der Waals surface area contributed by atoms with Crippen molar-refractivity contribution < 1.29 is 23.2 Å². The molecule has 0 aromatic carbocycles. The van der Waals surface area contributed by atoms with Crippen molar-refractivity contribution in [3.8, 4) is 0 Å². The van der Waals surface area contributed by atoms with E-state index in [0.717, 1.165) is 6.42 Å². The maximum absolute atomic E-state index is 11.4. The molecule has 0 aromatic heterocycles. The van der Waals surface area contributed by atoms with Crippen molar-refractivity contribution in [2.24, 2.45) is 11.8 Å². The molecule has 1 fully saturated rings. The summed E-state index contributed by atoms with van der Waals surface area (Å²) in [5.74, 6) is 0.817. The normalized spacial score (nSPS) is 28.9. The van der Waals surface area contributed by atoms with E-state index in [9.17, 15) is 9.46 Å². The number of hydrogen-bond acceptors (Lipinski definition) is 5. The fourth-order valence-electron chi connectivity index (χ4n) is 2.05. The Hall–Kier alpha value is 0.0700. The summed E-state index contributed by atoms with van der Waals surface area (Å²) in [5, 5.41) is 0. The van der Waals surface area contributed by atoms with Gasteiger partial charge in [0.25, 0.3) is 7.82 Å². The van der Waals surface area contributed by atoms with Gasteiger partial charge in [-0.2, -0.15) is 0 Å². The molecule has 17 heavy (non-hydrogen) atoms. The van der Waals surface area contributed by atoms with Gasteiger partial charge in [0, 0.05) is 6.61 Å². The van der Waals surface area contributed by atoms with Crippen LogP contribution in [0.25, 0.3) is 0 Å². The predicted molar refractivity (Wildman–Crippen MR) is 62.5 cm³/mol. The van der Waals surface area contributed by atoms with Crippen LogP contribution >= 0.6 is 7.82 Å². The molecule has 0 spiro atoms. The second kappa shape index (κ2) is 6.30. The van der Waals surface area contributed by atoms with Crippen LogP contribution in [0.1, 0.15) is 34.1 Å². The lowest BCUT2D eigenvalue weighted by atomic mass is 9.90. The number of phosphoric acid groups is 1. The third-order valence-corrected chi connectivity index (χ3v) is 4.00. The summed E-state index contributed by atoms with van der Waals surface area (Å²) in [5.41, 5.74) is 0. The van der Waals surface area contributed by atoms with Crippen LogP contribution in [0.4, 0.5) is 0 Å². The van der Waals surface area contributed by atoms with E-state index in [1.807, 2.05) is 0 Å². The second-order valence-electron chi connectivity index (χ2n) is 5.00. The quantitative estimate of drug-likeness (QED) is 0.687. The fourth-order valence-corrected chi connectivity index (χ4v) is 2.96. The number of phosphoric ester groups is 1. The van der Waals surface area contributed by atoms with Gasteiger partial charge in [-0.3, -0.25) is 4.57 Å². The Balaban J connectivity index is 2.42. The van der Waals surface area contributed by atoms with Crippen LogP contribution in [-0.4, -0.2) is 25.4 Å². The topological polar surface area (TPSA) is 67.8 Å². The molecule has 102 valence electrons. The van der Waals surface area contributed by atoms with Crippen molar-refractivity contribution >= 4 is 7.82 Å². The molecule has 1 unspecified atom stereocenters. The molecule has 0 N–H and O–H groups in total. The lowest BCUT2D eigenvalue weighted by molar-refractivity contribution is -0.230. The Morgan fingerprint density at radius 2 is 2.06 bits per heavy atom. The van der Waals surface area contributed by atoms with E-state index in [1.165, 1.54) is 0 Å². The third kappa shape index (κ3) is 5.06. The first kappa shape index (κ1) is 15.1. The van der Waals surface area contributed by atoms with Crippen LogP contribution in [0.3, 0.4) is 0 Å². The minimum absolute atomic E-state index is 0.0519. The number of rotatable bonds is 6. The Kier molecular flexibility index (Phi) is 5.61. The molecule has 1 aliphatic heterocycles. The molecule has 5 nitrogen and oxygen atoms in total. The van der Waals surface area contributed by atoms with Crippen LogP contribution in [-0.2, 0) is 18.3 Å². The van der Waals surface area contributed by atoms with E-state index < -0.39 is 13.9 Å². The third-order valence-electron chi connectivity index (χ3n) is 2.85. The van der Waals surface area contributed by atoms with Crippen LogP contribution in [0, 0.1) is 11.8 Å².